The number of hydrogen-bond donors (Lipinski definition) is 1. The molecule has 7 nitrogen and oxygen atoms in total. The highest BCUT2D eigenvalue weighted by atomic mass is 35.5. The Hall–Kier alpha value is -2.67. The average Bonchev–Trinajstić information content (AvgIpc) is 3.06. The molecule has 0 aliphatic rings. The van der Waals surface area contributed by atoms with Gasteiger partial charge in [-0.1, -0.05) is 11.6 Å². The Morgan fingerprint density at radius 3 is 2.50 bits per heavy atom. The van der Waals surface area contributed by atoms with Gasteiger partial charge in [0.2, 0.25) is 0 Å². The monoisotopic (exact) mass is 377 g/mol. The molecule has 1 aromatic carbocycles. The summed E-state index contributed by atoms with van der Waals surface area (Å²) in [4.78, 5) is 35.6. The second-order valence-electron chi connectivity index (χ2n) is 5.89. The smallest absolute Gasteiger partial charge is 0.306 e. The molecule has 2 rings (SSSR count). The van der Waals surface area contributed by atoms with E-state index in [1.807, 2.05) is 13.8 Å². The Morgan fingerprint density at radius 2 is 1.85 bits per heavy atom. The molecule has 26 heavy (non-hydrogen) atoms. The predicted octanol–water partition coefficient (Wildman–Crippen LogP) is 3.26. The number of carbonyl (C=O) groups is 3. The molecular formula is C18H20ClN3O4. The van der Waals surface area contributed by atoms with Gasteiger partial charge >= 0.3 is 5.97 Å². The number of esters is 1. The number of rotatable bonds is 8. The van der Waals surface area contributed by atoms with Gasteiger partial charge in [-0.25, -0.2) is 4.68 Å². The lowest BCUT2D eigenvalue weighted by Gasteiger charge is -2.11. The minimum absolute atomic E-state index is 0.00219. The summed E-state index contributed by atoms with van der Waals surface area (Å²) in [7, 11) is 0. The standard InChI is InChI=1S/C18H20ClN3O4/c1-12(2)22-16(9-10-20-22)21-17(24)11-26-18(25)8-7-15(23)13-3-5-14(19)6-4-13/h3-6,9-10,12H,7-8,11H2,1-2H3,(H,21,24). The lowest BCUT2D eigenvalue weighted by atomic mass is 10.1. The number of hydrogen-bond acceptors (Lipinski definition) is 5. The van der Waals surface area contributed by atoms with E-state index in [1.165, 1.54) is 0 Å². The summed E-state index contributed by atoms with van der Waals surface area (Å²) in [5.74, 6) is -0.743. The molecular weight excluding hydrogens is 358 g/mol. The van der Waals surface area contributed by atoms with Crippen LogP contribution in [0.2, 0.25) is 5.02 Å². The summed E-state index contributed by atoms with van der Waals surface area (Å²) < 4.78 is 6.55. The highest BCUT2D eigenvalue weighted by Crippen LogP contribution is 2.13. The van der Waals surface area contributed by atoms with Crippen molar-refractivity contribution in [2.24, 2.45) is 0 Å². The molecule has 1 heterocycles. The molecule has 0 saturated heterocycles. The van der Waals surface area contributed by atoms with Gasteiger partial charge in [-0.05, 0) is 38.1 Å². The Bertz CT molecular complexity index is 784. The summed E-state index contributed by atoms with van der Waals surface area (Å²) in [5, 5.41) is 7.26. The Kier molecular flexibility index (Phi) is 6.91. The maximum absolute atomic E-state index is 12.0. The van der Waals surface area contributed by atoms with Crippen molar-refractivity contribution in [1.82, 2.24) is 9.78 Å². The zero-order chi connectivity index (χ0) is 19.1. The third kappa shape index (κ3) is 5.70. The fraction of sp³-hybridized carbons (Fsp3) is 0.333. The van der Waals surface area contributed by atoms with Crippen molar-refractivity contribution in [1.29, 1.82) is 0 Å². The van der Waals surface area contributed by atoms with Crippen molar-refractivity contribution in [3.63, 3.8) is 0 Å². The molecule has 0 unspecified atom stereocenters. The van der Waals surface area contributed by atoms with Gasteiger partial charge in [-0.2, -0.15) is 5.10 Å². The lowest BCUT2D eigenvalue weighted by molar-refractivity contribution is -0.147. The van der Waals surface area contributed by atoms with Gasteiger partial charge in [-0.3, -0.25) is 14.4 Å². The van der Waals surface area contributed by atoms with E-state index in [-0.39, 0.29) is 24.7 Å². The van der Waals surface area contributed by atoms with Crippen molar-refractivity contribution in [3.8, 4) is 0 Å². The van der Waals surface area contributed by atoms with Crippen molar-refractivity contribution < 1.29 is 19.1 Å². The number of nitrogens with one attached hydrogen (secondary N) is 1. The number of Topliss-reactive ketones (excluding diaryl/α,β-unsaturated/α-hetero) is 1. The molecule has 0 spiro atoms. The topological polar surface area (TPSA) is 90.3 Å². The zero-order valence-corrected chi connectivity index (χ0v) is 15.3. The van der Waals surface area contributed by atoms with Crippen LogP contribution < -0.4 is 5.32 Å². The van der Waals surface area contributed by atoms with Gasteiger partial charge < -0.3 is 10.1 Å². The Labute approximate surface area is 156 Å². The normalized spacial score (nSPS) is 10.6. The van der Waals surface area contributed by atoms with Crippen LogP contribution in [-0.4, -0.2) is 34.0 Å². The number of ketones is 1. The van der Waals surface area contributed by atoms with Crippen molar-refractivity contribution in [2.45, 2.75) is 32.7 Å². The summed E-state index contributed by atoms with van der Waals surface area (Å²) >= 11 is 5.76. The maximum atomic E-state index is 12.0. The highest BCUT2D eigenvalue weighted by molar-refractivity contribution is 6.30. The molecule has 2 aromatic rings. The predicted molar refractivity (Wildman–Crippen MR) is 97.2 cm³/mol. The number of aromatic nitrogens is 2. The second-order valence-corrected chi connectivity index (χ2v) is 6.33. The van der Waals surface area contributed by atoms with E-state index in [4.69, 9.17) is 16.3 Å². The van der Waals surface area contributed by atoms with E-state index >= 15 is 0 Å². The van der Waals surface area contributed by atoms with E-state index in [1.54, 1.807) is 41.2 Å². The molecule has 1 N–H and O–H groups in total. The van der Waals surface area contributed by atoms with E-state index in [9.17, 15) is 14.4 Å². The third-order valence-electron chi connectivity index (χ3n) is 3.51. The van der Waals surface area contributed by atoms with Crippen LogP contribution in [0.25, 0.3) is 0 Å². The van der Waals surface area contributed by atoms with Crippen LogP contribution in [0, 0.1) is 0 Å². The van der Waals surface area contributed by atoms with Crippen LogP contribution in [0.5, 0.6) is 0 Å². The second kappa shape index (κ2) is 9.15. The number of benzene rings is 1. The first-order valence-electron chi connectivity index (χ1n) is 8.14. The summed E-state index contributed by atoms with van der Waals surface area (Å²) in [6, 6.07) is 8.16. The number of halogens is 1. The van der Waals surface area contributed by atoms with E-state index in [2.05, 4.69) is 10.4 Å². The minimum atomic E-state index is -0.611. The molecule has 8 heteroatoms. The first-order valence-corrected chi connectivity index (χ1v) is 8.52. The summed E-state index contributed by atoms with van der Waals surface area (Å²) in [5.41, 5.74) is 0.474. The fourth-order valence-electron chi connectivity index (χ4n) is 2.22. The van der Waals surface area contributed by atoms with Crippen LogP contribution in [-0.2, 0) is 14.3 Å². The van der Waals surface area contributed by atoms with Crippen LogP contribution in [0.4, 0.5) is 5.82 Å². The number of nitrogens with zero attached hydrogens (tertiary/aromatic N) is 2. The van der Waals surface area contributed by atoms with E-state index in [0.29, 0.717) is 16.4 Å². The molecule has 138 valence electrons. The lowest BCUT2D eigenvalue weighted by Crippen LogP contribution is -2.23. The van der Waals surface area contributed by atoms with Gasteiger partial charge in [0.05, 0.1) is 12.6 Å². The molecule has 0 aliphatic carbocycles. The van der Waals surface area contributed by atoms with Gasteiger partial charge in [0.25, 0.3) is 5.91 Å². The quantitative estimate of drug-likeness (QED) is 0.563. The van der Waals surface area contributed by atoms with Crippen LogP contribution in [0.1, 0.15) is 43.1 Å². The van der Waals surface area contributed by atoms with E-state index in [0.717, 1.165) is 0 Å². The Balaban J connectivity index is 1.74. The van der Waals surface area contributed by atoms with Gasteiger partial charge in [0.1, 0.15) is 5.82 Å². The molecule has 1 aromatic heterocycles. The van der Waals surface area contributed by atoms with Gasteiger partial charge in [0, 0.05) is 29.1 Å². The van der Waals surface area contributed by atoms with Gasteiger partial charge in [-0.15, -0.1) is 0 Å². The number of carbonyl (C=O) groups excluding carboxylic acids is 3. The molecule has 0 aliphatic heterocycles. The van der Waals surface area contributed by atoms with Gasteiger partial charge in [0.15, 0.2) is 12.4 Å². The van der Waals surface area contributed by atoms with Crippen LogP contribution in [0.3, 0.4) is 0 Å². The SMILES string of the molecule is CC(C)n1nccc1NC(=O)COC(=O)CCC(=O)c1ccc(Cl)cc1. The molecule has 0 bridgehead atoms. The first-order chi connectivity index (χ1) is 12.4. The Morgan fingerprint density at radius 1 is 1.15 bits per heavy atom. The van der Waals surface area contributed by atoms with Crippen molar-refractivity contribution >= 4 is 35.1 Å². The molecule has 0 fully saturated rings. The van der Waals surface area contributed by atoms with Crippen LogP contribution >= 0.6 is 11.6 Å². The van der Waals surface area contributed by atoms with Crippen molar-refractivity contribution in [2.75, 3.05) is 11.9 Å². The third-order valence-corrected chi connectivity index (χ3v) is 3.77. The maximum Gasteiger partial charge on any atom is 0.306 e. The fourth-order valence-corrected chi connectivity index (χ4v) is 2.34. The zero-order valence-electron chi connectivity index (χ0n) is 14.6. The summed E-state index contributed by atoms with van der Waals surface area (Å²) in [6.07, 6.45) is 1.48. The molecule has 0 radical (unpaired) electrons. The molecule has 1 amide bonds. The average molecular weight is 378 g/mol. The summed E-state index contributed by atoms with van der Waals surface area (Å²) in [6.45, 7) is 3.44. The van der Waals surface area contributed by atoms with E-state index < -0.39 is 18.5 Å². The number of ether oxygens (including phenoxy) is 1. The van der Waals surface area contributed by atoms with Crippen molar-refractivity contribution in [3.05, 3.63) is 47.1 Å². The molecule has 0 atom stereocenters. The largest absolute Gasteiger partial charge is 0.456 e. The number of amides is 1. The molecule has 0 saturated carbocycles. The first kappa shape index (κ1) is 19.7. The highest BCUT2D eigenvalue weighted by Gasteiger charge is 2.13. The minimum Gasteiger partial charge on any atom is -0.456 e. The van der Waals surface area contributed by atoms with Crippen LogP contribution in [0.15, 0.2) is 36.5 Å². The number of anilines is 1.